The summed E-state index contributed by atoms with van der Waals surface area (Å²) in [5.41, 5.74) is 4.63. The normalized spacial score (nSPS) is 11.8. The van der Waals surface area contributed by atoms with Crippen molar-refractivity contribution >= 4 is 27.5 Å². The van der Waals surface area contributed by atoms with E-state index in [1.54, 1.807) is 24.3 Å². The van der Waals surface area contributed by atoms with Crippen molar-refractivity contribution in [3.8, 4) is 5.75 Å². The Hall–Kier alpha value is -4.63. The van der Waals surface area contributed by atoms with Crippen LogP contribution in [-0.4, -0.2) is 51.4 Å². The summed E-state index contributed by atoms with van der Waals surface area (Å²) < 4.78 is 35.4. The van der Waals surface area contributed by atoms with E-state index < -0.39 is 28.5 Å². The van der Waals surface area contributed by atoms with Gasteiger partial charge in [0.25, 0.3) is 10.0 Å². The molecule has 9 heteroatoms. The third kappa shape index (κ3) is 8.34. The summed E-state index contributed by atoms with van der Waals surface area (Å²) in [4.78, 5) is 30.0. The lowest BCUT2D eigenvalue weighted by molar-refractivity contribution is -0.140. The van der Waals surface area contributed by atoms with Crippen molar-refractivity contribution in [2.24, 2.45) is 0 Å². The molecule has 0 heterocycles. The van der Waals surface area contributed by atoms with Crippen molar-refractivity contribution in [3.63, 3.8) is 0 Å². The standard InChI is InChI=1S/C37H43N3O5S/c1-6-22-38-37(42)34(24-30-13-8-7-9-14-30)39(25-31-15-11-10-12-29(31)4)36(41)26-40(33-23-28(3)18-21-35(33)45-5)46(43,44)32-19-16-27(2)17-20-32/h7-21,23,34H,6,22,24-26H2,1-5H3,(H,38,42)/t34-/m1/s1. The molecule has 242 valence electrons. The molecule has 1 N–H and O–H groups in total. The van der Waals surface area contributed by atoms with Crippen LogP contribution in [0, 0.1) is 20.8 Å². The van der Waals surface area contributed by atoms with Gasteiger partial charge in [0.15, 0.2) is 0 Å². The highest BCUT2D eigenvalue weighted by molar-refractivity contribution is 7.92. The number of ether oxygens (including phenoxy) is 1. The molecule has 46 heavy (non-hydrogen) atoms. The maximum atomic E-state index is 14.7. The number of rotatable bonds is 14. The molecule has 0 radical (unpaired) electrons. The number of nitrogens with zero attached hydrogens (tertiary/aromatic N) is 2. The Kier molecular flexibility index (Phi) is 11.6. The highest BCUT2D eigenvalue weighted by atomic mass is 32.2. The number of aryl methyl sites for hydroxylation is 3. The van der Waals surface area contributed by atoms with E-state index in [0.717, 1.165) is 38.5 Å². The van der Waals surface area contributed by atoms with Crippen molar-refractivity contribution in [1.82, 2.24) is 10.2 Å². The van der Waals surface area contributed by atoms with Crippen molar-refractivity contribution in [2.75, 3.05) is 24.5 Å². The lowest BCUT2D eigenvalue weighted by Gasteiger charge is -2.34. The van der Waals surface area contributed by atoms with Crippen LogP contribution in [0.4, 0.5) is 5.69 Å². The maximum absolute atomic E-state index is 14.7. The molecule has 4 aromatic rings. The van der Waals surface area contributed by atoms with Crippen molar-refractivity contribution in [1.29, 1.82) is 0 Å². The zero-order valence-electron chi connectivity index (χ0n) is 27.2. The van der Waals surface area contributed by atoms with Crippen LogP contribution in [0.2, 0.25) is 0 Å². The fraction of sp³-hybridized carbons (Fsp3) is 0.297. The first kappa shape index (κ1) is 34.2. The predicted molar refractivity (Wildman–Crippen MR) is 182 cm³/mol. The van der Waals surface area contributed by atoms with E-state index >= 15 is 0 Å². The summed E-state index contributed by atoms with van der Waals surface area (Å²) in [6.45, 7) is 7.66. The number of benzene rings is 4. The molecule has 2 amide bonds. The van der Waals surface area contributed by atoms with Crippen LogP contribution in [0.15, 0.2) is 102 Å². The predicted octanol–water partition coefficient (Wildman–Crippen LogP) is 5.98. The third-order valence-electron chi connectivity index (χ3n) is 7.91. The largest absolute Gasteiger partial charge is 0.495 e. The first-order valence-corrected chi connectivity index (χ1v) is 16.9. The highest BCUT2D eigenvalue weighted by Crippen LogP contribution is 2.34. The van der Waals surface area contributed by atoms with Crippen LogP contribution < -0.4 is 14.4 Å². The molecule has 0 unspecified atom stereocenters. The summed E-state index contributed by atoms with van der Waals surface area (Å²) in [6.07, 6.45) is 0.984. The monoisotopic (exact) mass is 641 g/mol. The van der Waals surface area contributed by atoms with E-state index in [9.17, 15) is 18.0 Å². The molecule has 0 aromatic heterocycles. The fourth-order valence-electron chi connectivity index (χ4n) is 5.24. The van der Waals surface area contributed by atoms with Crippen LogP contribution in [0.1, 0.15) is 41.2 Å². The maximum Gasteiger partial charge on any atom is 0.264 e. The zero-order chi connectivity index (χ0) is 33.3. The summed E-state index contributed by atoms with van der Waals surface area (Å²) >= 11 is 0. The first-order chi connectivity index (χ1) is 22.0. The number of anilines is 1. The molecule has 0 spiro atoms. The van der Waals surface area contributed by atoms with Gasteiger partial charge >= 0.3 is 0 Å². The van der Waals surface area contributed by atoms with E-state index in [4.69, 9.17) is 4.74 Å². The van der Waals surface area contributed by atoms with Gasteiger partial charge in [0.2, 0.25) is 11.8 Å². The van der Waals surface area contributed by atoms with Gasteiger partial charge in [0, 0.05) is 19.5 Å². The second kappa shape index (κ2) is 15.6. The third-order valence-corrected chi connectivity index (χ3v) is 9.69. The molecular formula is C37H43N3O5S. The topological polar surface area (TPSA) is 96.0 Å². The van der Waals surface area contributed by atoms with Crippen molar-refractivity contribution < 1.29 is 22.7 Å². The number of carbonyl (C=O) groups excluding carboxylic acids is 2. The molecule has 8 nitrogen and oxygen atoms in total. The minimum absolute atomic E-state index is 0.0430. The van der Waals surface area contributed by atoms with Gasteiger partial charge in [-0.25, -0.2) is 8.42 Å². The molecule has 0 aliphatic rings. The first-order valence-electron chi connectivity index (χ1n) is 15.4. The molecule has 0 bridgehead atoms. The summed E-state index contributed by atoms with van der Waals surface area (Å²) in [5, 5.41) is 2.98. The van der Waals surface area contributed by atoms with Crippen LogP contribution in [0.3, 0.4) is 0 Å². The van der Waals surface area contributed by atoms with Gasteiger partial charge in [-0.2, -0.15) is 0 Å². The highest BCUT2D eigenvalue weighted by Gasteiger charge is 2.35. The average Bonchev–Trinajstić information content (AvgIpc) is 3.05. The van der Waals surface area contributed by atoms with Crippen LogP contribution in [0.5, 0.6) is 5.75 Å². The molecule has 4 rings (SSSR count). The Labute approximate surface area is 273 Å². The Balaban J connectivity index is 1.85. The van der Waals surface area contributed by atoms with Gasteiger partial charge in [0.05, 0.1) is 17.7 Å². The number of sulfonamides is 1. The SMILES string of the molecule is CCCNC(=O)[C@@H](Cc1ccccc1)N(Cc1ccccc1C)C(=O)CN(c1cc(C)ccc1OC)S(=O)(=O)c1ccc(C)cc1. The lowest BCUT2D eigenvalue weighted by Crippen LogP contribution is -2.53. The summed E-state index contributed by atoms with van der Waals surface area (Å²) in [7, 11) is -2.78. The Morgan fingerprint density at radius 3 is 2.15 bits per heavy atom. The van der Waals surface area contributed by atoms with Crippen molar-refractivity contribution in [3.05, 3.63) is 125 Å². The minimum Gasteiger partial charge on any atom is -0.495 e. The second-order valence-electron chi connectivity index (χ2n) is 11.4. The zero-order valence-corrected chi connectivity index (χ0v) is 28.0. The lowest BCUT2D eigenvalue weighted by atomic mass is 10.0. The van der Waals surface area contributed by atoms with Gasteiger partial charge < -0.3 is 15.0 Å². The van der Waals surface area contributed by atoms with E-state index in [0.29, 0.717) is 12.3 Å². The molecule has 0 saturated heterocycles. The van der Waals surface area contributed by atoms with E-state index in [1.807, 2.05) is 88.4 Å². The Bertz CT molecular complexity index is 1740. The van der Waals surface area contributed by atoms with E-state index in [2.05, 4.69) is 5.32 Å². The molecule has 1 atom stereocenters. The molecule has 0 fully saturated rings. The smallest absolute Gasteiger partial charge is 0.264 e. The number of carbonyl (C=O) groups is 2. The fourth-order valence-corrected chi connectivity index (χ4v) is 6.65. The molecule has 0 saturated carbocycles. The van der Waals surface area contributed by atoms with Gasteiger partial charge in [-0.15, -0.1) is 0 Å². The summed E-state index contributed by atoms with van der Waals surface area (Å²) in [5.74, 6) is -0.509. The number of amides is 2. The molecule has 4 aromatic carbocycles. The van der Waals surface area contributed by atoms with Gasteiger partial charge in [-0.1, -0.05) is 85.3 Å². The Morgan fingerprint density at radius 1 is 0.848 bits per heavy atom. The second-order valence-corrected chi connectivity index (χ2v) is 13.3. The van der Waals surface area contributed by atoms with Crippen LogP contribution >= 0.6 is 0 Å². The molecule has 0 aliphatic carbocycles. The Morgan fingerprint density at radius 2 is 1.50 bits per heavy atom. The molecule has 0 aliphatic heterocycles. The number of nitrogens with one attached hydrogen (secondary N) is 1. The van der Waals surface area contributed by atoms with Gasteiger partial charge in [0.1, 0.15) is 18.3 Å². The molecular weight excluding hydrogens is 598 g/mol. The van der Waals surface area contributed by atoms with Gasteiger partial charge in [-0.3, -0.25) is 13.9 Å². The average molecular weight is 642 g/mol. The van der Waals surface area contributed by atoms with E-state index in [1.165, 1.54) is 24.1 Å². The van der Waals surface area contributed by atoms with Crippen LogP contribution in [-0.2, 0) is 32.6 Å². The quantitative estimate of drug-likeness (QED) is 0.183. The van der Waals surface area contributed by atoms with Crippen LogP contribution in [0.25, 0.3) is 0 Å². The van der Waals surface area contributed by atoms with E-state index in [-0.39, 0.29) is 29.5 Å². The van der Waals surface area contributed by atoms with Gasteiger partial charge in [-0.05, 0) is 73.7 Å². The number of hydrogen-bond acceptors (Lipinski definition) is 5. The number of methoxy groups -OCH3 is 1. The summed E-state index contributed by atoms with van der Waals surface area (Å²) in [6, 6.07) is 28.0. The van der Waals surface area contributed by atoms with Crippen molar-refractivity contribution in [2.45, 2.75) is 58.0 Å². The minimum atomic E-state index is -4.24. The number of hydrogen-bond donors (Lipinski definition) is 1.